The molecule has 1 aromatic heterocycles. The van der Waals surface area contributed by atoms with E-state index in [4.69, 9.17) is 5.84 Å². The van der Waals surface area contributed by atoms with Gasteiger partial charge in [0.05, 0.1) is 5.75 Å². The van der Waals surface area contributed by atoms with Crippen LogP contribution in [0.1, 0.15) is 5.56 Å². The third-order valence-electron chi connectivity index (χ3n) is 3.52. The quantitative estimate of drug-likeness (QED) is 0.542. The Hall–Kier alpha value is -2.87. The maximum atomic E-state index is 13.0. The van der Waals surface area contributed by atoms with Gasteiger partial charge in [0.25, 0.3) is 0 Å². The van der Waals surface area contributed by atoms with Gasteiger partial charge in [-0.1, -0.05) is 30.0 Å². The van der Waals surface area contributed by atoms with Crippen LogP contribution in [0, 0.1) is 12.7 Å². The predicted molar refractivity (Wildman–Crippen MR) is 96.1 cm³/mol. The molecule has 1 amide bonds. The minimum absolute atomic E-state index is 0.146. The van der Waals surface area contributed by atoms with Crippen molar-refractivity contribution in [2.75, 3.05) is 16.9 Å². The fraction of sp³-hybridized carbons (Fsp3) is 0.118. The molecule has 0 saturated heterocycles. The average molecular weight is 357 g/mol. The molecule has 0 radical (unpaired) electrons. The second kappa shape index (κ2) is 7.35. The first kappa shape index (κ1) is 17.0. The Morgan fingerprint density at radius 3 is 2.64 bits per heavy atom. The number of nitrogens with zero attached hydrogens (tertiary/aromatic N) is 3. The highest BCUT2D eigenvalue weighted by Crippen LogP contribution is 2.22. The third kappa shape index (κ3) is 3.97. The van der Waals surface area contributed by atoms with Crippen molar-refractivity contribution < 1.29 is 9.18 Å². The minimum atomic E-state index is -0.339. The molecule has 3 N–H and O–H groups in total. The number of rotatable bonds is 5. The molecular weight excluding hydrogens is 341 g/mol. The molecule has 0 aliphatic rings. The Morgan fingerprint density at radius 2 is 1.92 bits per heavy atom. The van der Waals surface area contributed by atoms with E-state index in [9.17, 15) is 9.18 Å². The van der Waals surface area contributed by atoms with Crippen LogP contribution in [0.15, 0.2) is 53.7 Å². The molecule has 2 aromatic carbocycles. The van der Waals surface area contributed by atoms with Crippen molar-refractivity contribution in [1.29, 1.82) is 0 Å². The highest BCUT2D eigenvalue weighted by atomic mass is 32.2. The van der Waals surface area contributed by atoms with Gasteiger partial charge in [-0.25, -0.2) is 9.07 Å². The number of benzene rings is 2. The zero-order valence-corrected chi connectivity index (χ0v) is 14.3. The summed E-state index contributed by atoms with van der Waals surface area (Å²) in [7, 11) is 0. The van der Waals surface area contributed by atoms with Crippen LogP contribution in [-0.4, -0.2) is 26.5 Å². The number of halogens is 1. The molecule has 0 saturated carbocycles. The van der Waals surface area contributed by atoms with Crippen LogP contribution in [0.5, 0.6) is 0 Å². The van der Waals surface area contributed by atoms with E-state index in [0.717, 1.165) is 11.3 Å². The Labute approximate surface area is 148 Å². The number of hydrogen-bond donors (Lipinski definition) is 2. The molecule has 6 nitrogen and oxygen atoms in total. The number of aryl methyl sites for hydroxylation is 1. The van der Waals surface area contributed by atoms with Gasteiger partial charge in [0.1, 0.15) is 5.82 Å². The molecule has 0 unspecified atom stereocenters. The molecule has 3 aromatic rings. The lowest BCUT2D eigenvalue weighted by atomic mass is 10.2. The number of amides is 1. The summed E-state index contributed by atoms with van der Waals surface area (Å²) in [4.78, 5) is 12.1. The molecule has 0 aliphatic carbocycles. The highest BCUT2D eigenvalue weighted by Gasteiger charge is 2.14. The normalized spacial score (nSPS) is 10.6. The molecular formula is C17H16FN5OS. The Kier molecular flexibility index (Phi) is 4.99. The van der Waals surface area contributed by atoms with Crippen molar-refractivity contribution in [2.45, 2.75) is 12.1 Å². The number of nitrogens with two attached hydrogens (primary N) is 1. The van der Waals surface area contributed by atoms with Crippen molar-refractivity contribution in [3.05, 3.63) is 59.9 Å². The van der Waals surface area contributed by atoms with Gasteiger partial charge in [0.2, 0.25) is 11.1 Å². The number of carbonyl (C=O) groups excluding carboxylic acids is 1. The molecule has 0 spiro atoms. The van der Waals surface area contributed by atoms with Gasteiger partial charge in [-0.15, -0.1) is 10.2 Å². The fourth-order valence-corrected chi connectivity index (χ4v) is 2.86. The van der Waals surface area contributed by atoms with E-state index in [0.29, 0.717) is 16.5 Å². The van der Waals surface area contributed by atoms with Gasteiger partial charge >= 0.3 is 0 Å². The summed E-state index contributed by atoms with van der Waals surface area (Å²) in [6.45, 7) is 1.92. The zero-order valence-electron chi connectivity index (χ0n) is 13.4. The predicted octanol–water partition coefficient (Wildman–Crippen LogP) is 2.84. The lowest BCUT2D eigenvalue weighted by molar-refractivity contribution is -0.113. The van der Waals surface area contributed by atoms with Gasteiger partial charge in [0.15, 0.2) is 5.82 Å². The first-order valence-corrected chi connectivity index (χ1v) is 8.48. The molecule has 128 valence electrons. The van der Waals surface area contributed by atoms with Crippen molar-refractivity contribution >= 4 is 23.4 Å². The van der Waals surface area contributed by atoms with Gasteiger partial charge < -0.3 is 11.2 Å². The molecule has 0 atom stereocenters. The number of aromatic nitrogens is 3. The van der Waals surface area contributed by atoms with Crippen LogP contribution in [0.3, 0.4) is 0 Å². The number of thioether (sulfide) groups is 1. The van der Waals surface area contributed by atoms with E-state index in [1.807, 2.05) is 31.2 Å². The largest absolute Gasteiger partial charge is 0.335 e. The first-order chi connectivity index (χ1) is 12.0. The summed E-state index contributed by atoms with van der Waals surface area (Å²) in [6.07, 6.45) is 0. The van der Waals surface area contributed by atoms with Crippen molar-refractivity contribution in [1.82, 2.24) is 14.9 Å². The molecule has 0 fully saturated rings. The van der Waals surface area contributed by atoms with E-state index >= 15 is 0 Å². The van der Waals surface area contributed by atoms with Crippen molar-refractivity contribution in [3.8, 4) is 11.4 Å². The topological polar surface area (TPSA) is 85.8 Å². The number of carbonyl (C=O) groups is 1. The first-order valence-electron chi connectivity index (χ1n) is 7.49. The van der Waals surface area contributed by atoms with Crippen molar-refractivity contribution in [2.24, 2.45) is 0 Å². The van der Waals surface area contributed by atoms with Gasteiger partial charge in [-0.3, -0.25) is 4.79 Å². The smallest absolute Gasteiger partial charge is 0.234 e. The van der Waals surface area contributed by atoms with E-state index in [2.05, 4.69) is 15.5 Å². The van der Waals surface area contributed by atoms with Crippen LogP contribution >= 0.6 is 11.8 Å². The second-order valence-electron chi connectivity index (χ2n) is 5.33. The fourth-order valence-electron chi connectivity index (χ4n) is 2.20. The van der Waals surface area contributed by atoms with Crippen LogP contribution in [0.25, 0.3) is 11.4 Å². The van der Waals surface area contributed by atoms with Crippen LogP contribution in [-0.2, 0) is 4.79 Å². The van der Waals surface area contributed by atoms with E-state index in [1.165, 1.54) is 28.6 Å². The number of hydrogen-bond acceptors (Lipinski definition) is 5. The second-order valence-corrected chi connectivity index (χ2v) is 6.28. The summed E-state index contributed by atoms with van der Waals surface area (Å²) in [6, 6.07) is 13.3. The highest BCUT2D eigenvalue weighted by molar-refractivity contribution is 7.99. The van der Waals surface area contributed by atoms with Crippen LogP contribution in [0.2, 0.25) is 0 Å². The molecule has 8 heteroatoms. The van der Waals surface area contributed by atoms with E-state index in [-0.39, 0.29) is 17.5 Å². The standard InChI is InChI=1S/C17H16FN5OS/c1-11-4-2-3-5-14(11)20-15(24)10-25-17-22-21-16(23(17)19)12-6-8-13(18)9-7-12/h2-9H,10,19H2,1H3,(H,20,24). The van der Waals surface area contributed by atoms with Crippen LogP contribution in [0.4, 0.5) is 10.1 Å². The average Bonchev–Trinajstić information content (AvgIpc) is 2.97. The number of para-hydroxylation sites is 1. The molecule has 0 aliphatic heterocycles. The summed E-state index contributed by atoms with van der Waals surface area (Å²) in [5.41, 5.74) is 2.41. The monoisotopic (exact) mass is 357 g/mol. The van der Waals surface area contributed by atoms with E-state index < -0.39 is 0 Å². The Balaban J connectivity index is 1.65. The van der Waals surface area contributed by atoms with Crippen LogP contribution < -0.4 is 11.2 Å². The maximum absolute atomic E-state index is 13.0. The lowest BCUT2D eigenvalue weighted by Crippen LogP contribution is -2.16. The molecule has 25 heavy (non-hydrogen) atoms. The maximum Gasteiger partial charge on any atom is 0.234 e. The van der Waals surface area contributed by atoms with E-state index in [1.54, 1.807) is 12.1 Å². The van der Waals surface area contributed by atoms with Gasteiger partial charge in [-0.05, 0) is 42.8 Å². The van der Waals surface area contributed by atoms with Gasteiger partial charge in [-0.2, -0.15) is 0 Å². The van der Waals surface area contributed by atoms with Gasteiger partial charge in [0, 0.05) is 11.3 Å². The Bertz CT molecular complexity index is 894. The number of nitrogen functional groups attached to an aromatic ring is 1. The summed E-state index contributed by atoms with van der Waals surface area (Å²) in [5, 5.41) is 11.2. The number of nitrogens with one attached hydrogen (secondary N) is 1. The Morgan fingerprint density at radius 1 is 1.20 bits per heavy atom. The lowest BCUT2D eigenvalue weighted by Gasteiger charge is -2.07. The van der Waals surface area contributed by atoms with Crippen molar-refractivity contribution in [3.63, 3.8) is 0 Å². The summed E-state index contributed by atoms with van der Waals surface area (Å²) in [5.74, 6) is 6.03. The molecule has 3 rings (SSSR count). The molecule has 0 bridgehead atoms. The minimum Gasteiger partial charge on any atom is -0.335 e. The molecule has 1 heterocycles. The summed E-state index contributed by atoms with van der Waals surface area (Å²) < 4.78 is 14.3. The summed E-state index contributed by atoms with van der Waals surface area (Å²) >= 11 is 1.18. The SMILES string of the molecule is Cc1ccccc1NC(=O)CSc1nnc(-c2ccc(F)cc2)n1N. The zero-order chi connectivity index (χ0) is 17.8. The number of anilines is 1. The third-order valence-corrected chi connectivity index (χ3v) is 4.46.